The molecule has 2 aromatic rings. The number of hydrogen-bond acceptors (Lipinski definition) is 4. The number of hydrogen-bond donors (Lipinski definition) is 1. The van der Waals surface area contributed by atoms with E-state index in [9.17, 15) is 9.59 Å². The molecule has 0 saturated carbocycles. The average molecular weight is 415 g/mol. The molecule has 0 fully saturated rings. The third kappa shape index (κ3) is 3.66. The summed E-state index contributed by atoms with van der Waals surface area (Å²) in [6.45, 7) is 3.74. The number of halogens is 1. The van der Waals surface area contributed by atoms with Crippen LogP contribution >= 0.6 is 23.8 Å². The van der Waals surface area contributed by atoms with Crippen LogP contribution in [-0.2, 0) is 14.3 Å². The molecule has 0 aliphatic carbocycles. The molecule has 0 radical (unpaired) electrons. The number of thiocarbonyl (C=S) groups is 1. The highest BCUT2D eigenvalue weighted by atomic mass is 35.5. The fourth-order valence-electron chi connectivity index (χ4n) is 3.19. The Morgan fingerprint density at radius 2 is 1.75 bits per heavy atom. The molecule has 144 valence electrons. The number of nitrogens with one attached hydrogen (secondary N) is 1. The van der Waals surface area contributed by atoms with E-state index in [0.717, 1.165) is 11.3 Å². The van der Waals surface area contributed by atoms with Crippen molar-refractivity contribution in [1.82, 2.24) is 5.32 Å². The molecule has 0 saturated heterocycles. The number of allylic oxidation sites excluding steroid dienone is 1. The zero-order valence-electron chi connectivity index (χ0n) is 15.7. The van der Waals surface area contributed by atoms with E-state index in [1.807, 2.05) is 37.3 Å². The minimum Gasteiger partial charge on any atom is -0.463 e. The molecular formula is C21H19ClN2O3S. The summed E-state index contributed by atoms with van der Waals surface area (Å²) in [5.41, 5.74) is 3.33. The Labute approximate surface area is 173 Å². The van der Waals surface area contributed by atoms with Crippen molar-refractivity contribution in [1.29, 1.82) is 0 Å². The SMILES string of the molecule is COC(=O)C(=O)C1=C(C)N(c2ccc(C)cc2)C(=S)N[C@H]1c1ccccc1Cl. The minimum atomic E-state index is -0.940. The standard InChI is InChI=1S/C21H19ClN2O3S/c1-12-8-10-14(11-9-12)24-13(2)17(19(25)20(26)27-3)18(23-21(24)28)15-6-4-5-7-16(15)22/h4-11,18H,1-3H3,(H,23,28)/t18-/m0/s1. The Hall–Kier alpha value is -2.70. The summed E-state index contributed by atoms with van der Waals surface area (Å²) in [5, 5.41) is 4.04. The molecule has 0 spiro atoms. The van der Waals surface area contributed by atoms with Crippen molar-refractivity contribution in [2.45, 2.75) is 19.9 Å². The van der Waals surface area contributed by atoms with Crippen LogP contribution in [-0.4, -0.2) is 24.0 Å². The number of anilines is 1. The number of rotatable bonds is 4. The first-order chi connectivity index (χ1) is 13.3. The van der Waals surface area contributed by atoms with Crippen molar-refractivity contribution in [3.05, 3.63) is 76.0 Å². The zero-order chi connectivity index (χ0) is 20.4. The van der Waals surface area contributed by atoms with Gasteiger partial charge in [0.1, 0.15) is 0 Å². The average Bonchev–Trinajstić information content (AvgIpc) is 2.68. The highest BCUT2D eigenvalue weighted by Crippen LogP contribution is 2.36. The first kappa shape index (κ1) is 20.0. The Balaban J connectivity index is 2.19. The predicted molar refractivity (Wildman–Crippen MR) is 113 cm³/mol. The van der Waals surface area contributed by atoms with Gasteiger partial charge in [-0.1, -0.05) is 47.5 Å². The van der Waals surface area contributed by atoms with Crippen LogP contribution in [0.25, 0.3) is 0 Å². The van der Waals surface area contributed by atoms with Gasteiger partial charge in [-0.05, 0) is 49.8 Å². The minimum absolute atomic E-state index is 0.245. The fraction of sp³-hybridized carbons (Fsp3) is 0.190. The van der Waals surface area contributed by atoms with Crippen molar-refractivity contribution in [2.24, 2.45) is 0 Å². The number of methoxy groups -OCH3 is 1. The topological polar surface area (TPSA) is 58.6 Å². The number of nitrogens with zero attached hydrogens (tertiary/aromatic N) is 1. The molecule has 1 aliphatic heterocycles. The van der Waals surface area contributed by atoms with Gasteiger partial charge in [0.15, 0.2) is 5.11 Å². The van der Waals surface area contributed by atoms with Crippen LogP contribution in [0.3, 0.4) is 0 Å². The van der Waals surface area contributed by atoms with Crippen LogP contribution in [0.15, 0.2) is 59.8 Å². The van der Waals surface area contributed by atoms with Gasteiger partial charge in [-0.2, -0.15) is 0 Å². The second kappa shape index (κ2) is 8.12. The van der Waals surface area contributed by atoms with Crippen molar-refractivity contribution in [3.63, 3.8) is 0 Å². The summed E-state index contributed by atoms with van der Waals surface area (Å²) < 4.78 is 4.68. The molecule has 0 aromatic heterocycles. The first-order valence-electron chi connectivity index (χ1n) is 8.60. The van der Waals surface area contributed by atoms with Gasteiger partial charge in [-0.15, -0.1) is 0 Å². The lowest BCUT2D eigenvalue weighted by atomic mass is 9.91. The molecule has 3 rings (SSSR count). The summed E-state index contributed by atoms with van der Waals surface area (Å²) in [7, 11) is 1.18. The predicted octanol–water partition coefficient (Wildman–Crippen LogP) is 4.10. The van der Waals surface area contributed by atoms with Crippen LogP contribution in [0, 0.1) is 6.92 Å². The lowest BCUT2D eigenvalue weighted by molar-refractivity contribution is -0.150. The van der Waals surface area contributed by atoms with E-state index in [0.29, 0.717) is 21.4 Å². The highest BCUT2D eigenvalue weighted by molar-refractivity contribution is 7.80. The fourth-order valence-corrected chi connectivity index (χ4v) is 3.79. The normalized spacial score (nSPS) is 16.6. The maximum atomic E-state index is 12.9. The summed E-state index contributed by atoms with van der Waals surface area (Å²) in [4.78, 5) is 26.7. The summed E-state index contributed by atoms with van der Waals surface area (Å²) in [6, 6.07) is 14.2. The number of carbonyl (C=O) groups excluding carboxylic acids is 2. The summed E-state index contributed by atoms with van der Waals surface area (Å²) in [5.74, 6) is -1.68. The second-order valence-corrected chi connectivity index (χ2v) is 7.19. The summed E-state index contributed by atoms with van der Waals surface area (Å²) >= 11 is 11.9. The van der Waals surface area contributed by atoms with E-state index in [2.05, 4.69) is 10.1 Å². The zero-order valence-corrected chi connectivity index (χ0v) is 17.2. The smallest absolute Gasteiger partial charge is 0.379 e. The first-order valence-corrected chi connectivity index (χ1v) is 9.39. The van der Waals surface area contributed by atoms with E-state index in [1.165, 1.54) is 7.11 Å². The third-order valence-electron chi connectivity index (χ3n) is 4.61. The van der Waals surface area contributed by atoms with E-state index >= 15 is 0 Å². The van der Waals surface area contributed by atoms with Gasteiger partial charge >= 0.3 is 5.97 Å². The number of ether oxygens (including phenoxy) is 1. The Bertz CT molecular complexity index is 985. The van der Waals surface area contributed by atoms with Crippen molar-refractivity contribution >= 4 is 46.4 Å². The molecule has 0 amide bonds. The number of benzene rings is 2. The summed E-state index contributed by atoms with van der Waals surface area (Å²) in [6.07, 6.45) is 0. The van der Waals surface area contributed by atoms with E-state index in [1.54, 1.807) is 30.0 Å². The highest BCUT2D eigenvalue weighted by Gasteiger charge is 2.38. The van der Waals surface area contributed by atoms with E-state index in [-0.39, 0.29) is 5.57 Å². The number of Topliss-reactive ketones (excluding diaryl/α,β-unsaturated/α-hetero) is 1. The van der Waals surface area contributed by atoms with Gasteiger partial charge in [0, 0.05) is 16.4 Å². The Morgan fingerprint density at radius 3 is 2.36 bits per heavy atom. The van der Waals surface area contributed by atoms with Gasteiger partial charge in [-0.25, -0.2) is 4.79 Å². The van der Waals surface area contributed by atoms with Gasteiger partial charge in [0.25, 0.3) is 5.78 Å². The van der Waals surface area contributed by atoms with Crippen LogP contribution in [0.5, 0.6) is 0 Å². The van der Waals surface area contributed by atoms with Gasteiger partial charge in [-0.3, -0.25) is 9.69 Å². The van der Waals surface area contributed by atoms with Crippen LogP contribution < -0.4 is 10.2 Å². The molecule has 2 aromatic carbocycles. The van der Waals surface area contributed by atoms with Crippen LogP contribution in [0.1, 0.15) is 24.1 Å². The molecule has 5 nitrogen and oxygen atoms in total. The molecule has 1 aliphatic rings. The molecule has 28 heavy (non-hydrogen) atoms. The number of ketones is 1. The van der Waals surface area contributed by atoms with Gasteiger partial charge < -0.3 is 10.1 Å². The van der Waals surface area contributed by atoms with Crippen molar-refractivity contribution in [2.75, 3.05) is 12.0 Å². The lowest BCUT2D eigenvalue weighted by Gasteiger charge is -2.37. The Morgan fingerprint density at radius 1 is 1.11 bits per heavy atom. The van der Waals surface area contributed by atoms with Crippen LogP contribution in [0.2, 0.25) is 5.02 Å². The monoisotopic (exact) mass is 414 g/mol. The van der Waals surface area contributed by atoms with Crippen molar-refractivity contribution in [3.8, 4) is 0 Å². The maximum absolute atomic E-state index is 12.9. The van der Waals surface area contributed by atoms with Crippen LogP contribution in [0.4, 0.5) is 5.69 Å². The number of carbonyl (C=O) groups is 2. The molecule has 0 unspecified atom stereocenters. The molecule has 7 heteroatoms. The molecule has 1 atom stereocenters. The maximum Gasteiger partial charge on any atom is 0.379 e. The Kier molecular flexibility index (Phi) is 5.82. The van der Waals surface area contributed by atoms with Crippen molar-refractivity contribution < 1.29 is 14.3 Å². The molecule has 1 heterocycles. The number of aryl methyl sites for hydroxylation is 1. The third-order valence-corrected chi connectivity index (χ3v) is 5.25. The lowest BCUT2D eigenvalue weighted by Crippen LogP contribution is -2.48. The van der Waals surface area contributed by atoms with E-state index in [4.69, 9.17) is 23.8 Å². The molecular weight excluding hydrogens is 396 g/mol. The second-order valence-electron chi connectivity index (χ2n) is 6.39. The molecule has 0 bridgehead atoms. The number of esters is 1. The van der Waals surface area contributed by atoms with E-state index < -0.39 is 17.8 Å². The quantitative estimate of drug-likeness (QED) is 0.461. The van der Waals surface area contributed by atoms with Gasteiger partial charge in [0.05, 0.1) is 18.7 Å². The largest absolute Gasteiger partial charge is 0.463 e. The van der Waals surface area contributed by atoms with Gasteiger partial charge in [0.2, 0.25) is 0 Å². The molecule has 1 N–H and O–H groups in total.